The molecule has 0 aromatic heterocycles. The van der Waals surface area contributed by atoms with Gasteiger partial charge >= 0.3 is 0 Å². The minimum absolute atomic E-state index is 0.250. The number of hydrogen-bond acceptors (Lipinski definition) is 5. The van der Waals surface area contributed by atoms with Gasteiger partial charge in [0.2, 0.25) is 0 Å². The van der Waals surface area contributed by atoms with Gasteiger partial charge < -0.3 is 15.7 Å². The molecule has 0 radical (unpaired) electrons. The first-order valence-corrected chi connectivity index (χ1v) is 17.8. The lowest BCUT2D eigenvalue weighted by Gasteiger charge is -2.09. The van der Waals surface area contributed by atoms with Crippen LogP contribution in [0.2, 0.25) is 0 Å². The molecule has 37 heavy (non-hydrogen) atoms. The molecule has 0 saturated carbocycles. The van der Waals surface area contributed by atoms with Gasteiger partial charge in [0.05, 0.1) is 23.3 Å². The van der Waals surface area contributed by atoms with E-state index in [1.165, 1.54) is 0 Å². The fraction of sp³-hybridized carbons (Fsp3) is 0.0714. The number of hydrogen-bond donors (Lipinski definition) is 2. The molecule has 0 bridgehead atoms. The second kappa shape index (κ2) is 15.5. The zero-order valence-corrected chi connectivity index (χ0v) is 24.2. The summed E-state index contributed by atoms with van der Waals surface area (Å²) in [5.74, 6) is 1.93. The molecule has 4 aromatic carbocycles. The molecule has 0 heterocycles. The van der Waals surface area contributed by atoms with E-state index in [0.29, 0.717) is 26.2 Å². The van der Waals surface area contributed by atoms with E-state index in [0.717, 1.165) is 47.7 Å². The Morgan fingerprint density at radius 2 is 1.11 bits per heavy atom. The largest absolute Gasteiger partial charge is 0.489 e. The van der Waals surface area contributed by atoms with Gasteiger partial charge in [0, 0.05) is 5.90 Å². The lowest BCUT2D eigenvalue weighted by Crippen LogP contribution is -1.95. The normalized spacial score (nSPS) is 11.5. The standard InChI is InChI=1S/C27H18N2O.CH10N2P4/c28-17-20-1-7-23(8-2-20)25-11-5-22(6-12-25)19-30-27-15-13-26(14-16-27)24-9-3-21(18-29)4-10-24;2-6-5-1-7(3)4/h1-16H,19H2;5-6H,1-4H2. The molecule has 9 heteroatoms. The molecule has 0 saturated heterocycles. The maximum Gasteiger partial charge on any atom is 0.119 e. The maximum absolute atomic E-state index is 8.91. The average molecular weight is 560 g/mol. The Labute approximate surface area is 225 Å². The van der Waals surface area contributed by atoms with Crippen molar-refractivity contribution in [3.63, 3.8) is 0 Å². The number of benzene rings is 4. The van der Waals surface area contributed by atoms with Crippen molar-refractivity contribution in [1.82, 2.24) is 0 Å². The molecule has 4 rings (SSSR count). The van der Waals surface area contributed by atoms with Crippen LogP contribution in [0.3, 0.4) is 0 Å². The van der Waals surface area contributed by atoms with Crippen LogP contribution in [0.25, 0.3) is 22.3 Å². The Morgan fingerprint density at radius 3 is 1.46 bits per heavy atom. The number of nitriles is 2. The van der Waals surface area contributed by atoms with Gasteiger partial charge in [-0.25, -0.2) is 0 Å². The SMILES string of the molecule is N#Cc1ccc(-c2ccc(COc3ccc(-c4ccc(C#N)cc4)cc3)cc2)cc1.NPPCP(N)P. The lowest BCUT2D eigenvalue weighted by atomic mass is 10.0. The van der Waals surface area contributed by atoms with Crippen LogP contribution in [-0.4, -0.2) is 5.90 Å². The van der Waals surface area contributed by atoms with Gasteiger partial charge in [-0.05, 0) is 80.4 Å². The van der Waals surface area contributed by atoms with E-state index < -0.39 is 0 Å². The molecule has 0 spiro atoms. The first kappa shape index (κ1) is 28.9. The molecule has 186 valence electrons. The maximum atomic E-state index is 8.91. The van der Waals surface area contributed by atoms with E-state index in [4.69, 9.17) is 26.3 Å². The van der Waals surface area contributed by atoms with Crippen LogP contribution in [-0.2, 0) is 6.61 Å². The van der Waals surface area contributed by atoms with E-state index >= 15 is 0 Å². The van der Waals surface area contributed by atoms with Crippen molar-refractivity contribution in [2.45, 2.75) is 6.61 Å². The predicted molar refractivity (Wildman–Crippen MR) is 164 cm³/mol. The van der Waals surface area contributed by atoms with Gasteiger partial charge in [0.15, 0.2) is 0 Å². The third kappa shape index (κ3) is 9.60. The van der Waals surface area contributed by atoms with Crippen LogP contribution < -0.4 is 15.7 Å². The van der Waals surface area contributed by atoms with Gasteiger partial charge in [0.1, 0.15) is 12.4 Å². The molecule has 0 fully saturated rings. The van der Waals surface area contributed by atoms with Crippen molar-refractivity contribution in [1.29, 1.82) is 10.5 Å². The predicted octanol–water partition coefficient (Wildman–Crippen LogP) is 7.58. The fourth-order valence-corrected chi connectivity index (χ4v) is 9.34. The van der Waals surface area contributed by atoms with Crippen LogP contribution in [0.1, 0.15) is 16.7 Å². The van der Waals surface area contributed by atoms with Gasteiger partial charge in [-0.15, -0.1) is 0 Å². The Bertz CT molecular complexity index is 1230. The van der Waals surface area contributed by atoms with E-state index in [9.17, 15) is 0 Å². The summed E-state index contributed by atoms with van der Waals surface area (Å²) in [6.07, 6.45) is 0. The highest BCUT2D eigenvalue weighted by Crippen LogP contribution is 2.46. The molecule has 5 nitrogen and oxygen atoms in total. The molecule has 4 atom stereocenters. The van der Waals surface area contributed by atoms with Crippen molar-refractivity contribution >= 4 is 33.4 Å². The number of rotatable bonds is 8. The summed E-state index contributed by atoms with van der Waals surface area (Å²) in [6.45, 7) is 0.490. The topological polar surface area (TPSA) is 109 Å². The third-order valence-corrected chi connectivity index (χ3v) is 11.2. The minimum atomic E-state index is -0.250. The third-order valence-electron chi connectivity index (χ3n) is 5.27. The molecule has 4 N–H and O–H groups in total. The van der Waals surface area contributed by atoms with Crippen molar-refractivity contribution in [3.05, 3.63) is 114 Å². The van der Waals surface area contributed by atoms with Crippen LogP contribution in [0.4, 0.5) is 0 Å². The Hall–Kier alpha value is -2.70. The molecule has 4 aromatic rings. The molecular formula is C28H28N4OP4. The lowest BCUT2D eigenvalue weighted by molar-refractivity contribution is 0.306. The summed E-state index contributed by atoms with van der Waals surface area (Å²) >= 11 is 0. The van der Waals surface area contributed by atoms with Crippen LogP contribution >= 0.6 is 33.4 Å². The Balaban J connectivity index is 0.000000479. The van der Waals surface area contributed by atoms with E-state index in [1.807, 2.05) is 72.8 Å². The van der Waals surface area contributed by atoms with E-state index in [-0.39, 0.29) is 7.76 Å². The Kier molecular flexibility index (Phi) is 12.1. The first-order chi connectivity index (χ1) is 18.0. The quantitative estimate of drug-likeness (QED) is 0.216. The van der Waals surface area contributed by atoms with Crippen LogP contribution in [0.5, 0.6) is 5.75 Å². The van der Waals surface area contributed by atoms with Crippen molar-refractivity contribution in [2.24, 2.45) is 11.0 Å². The smallest absolute Gasteiger partial charge is 0.119 e. The highest BCUT2D eigenvalue weighted by atomic mass is 32.1. The van der Waals surface area contributed by atoms with Gasteiger partial charge in [-0.2, -0.15) is 10.5 Å². The van der Waals surface area contributed by atoms with Gasteiger partial charge in [-0.3, -0.25) is 0 Å². The summed E-state index contributed by atoms with van der Waals surface area (Å²) in [7, 11) is 3.84. The number of nitrogens with zero attached hydrogens (tertiary/aromatic N) is 2. The summed E-state index contributed by atoms with van der Waals surface area (Å²) in [5, 5.41) is 17.8. The average Bonchev–Trinajstić information content (AvgIpc) is 2.96. The second-order valence-electron chi connectivity index (χ2n) is 7.88. The first-order valence-electron chi connectivity index (χ1n) is 11.3. The summed E-state index contributed by atoms with van der Waals surface area (Å²) in [6, 6.07) is 35.6. The molecule has 0 aliphatic carbocycles. The highest BCUT2D eigenvalue weighted by Gasteiger charge is 2.02. The Morgan fingerprint density at radius 1 is 0.703 bits per heavy atom. The van der Waals surface area contributed by atoms with Gasteiger partial charge in [0.25, 0.3) is 0 Å². The summed E-state index contributed by atoms with van der Waals surface area (Å²) in [5.41, 5.74) is 17.5. The number of nitrogens with two attached hydrogens (primary N) is 2. The summed E-state index contributed by atoms with van der Waals surface area (Å²) < 4.78 is 5.92. The zero-order chi connectivity index (χ0) is 26.5. The second-order valence-corrected chi connectivity index (χ2v) is 14.7. The number of ether oxygens (including phenoxy) is 1. The van der Waals surface area contributed by atoms with Crippen LogP contribution in [0, 0.1) is 22.7 Å². The van der Waals surface area contributed by atoms with E-state index in [2.05, 4.69) is 45.3 Å². The van der Waals surface area contributed by atoms with Gasteiger partial charge in [-0.1, -0.05) is 77.9 Å². The monoisotopic (exact) mass is 560 g/mol. The minimum Gasteiger partial charge on any atom is -0.489 e. The highest BCUT2D eigenvalue weighted by molar-refractivity contribution is 8.21. The molecular weight excluding hydrogens is 532 g/mol. The molecule has 0 amide bonds. The molecule has 4 unspecified atom stereocenters. The van der Waals surface area contributed by atoms with Crippen molar-refractivity contribution < 1.29 is 4.74 Å². The van der Waals surface area contributed by atoms with Crippen LogP contribution in [0.15, 0.2) is 97.1 Å². The molecule has 0 aliphatic heterocycles. The van der Waals surface area contributed by atoms with E-state index in [1.54, 1.807) is 0 Å². The molecule has 0 aliphatic rings. The zero-order valence-electron chi connectivity index (χ0n) is 20.1. The fourth-order valence-electron chi connectivity index (χ4n) is 3.32. The van der Waals surface area contributed by atoms with Crippen molar-refractivity contribution in [2.75, 3.05) is 5.90 Å². The van der Waals surface area contributed by atoms with Crippen molar-refractivity contribution in [3.8, 4) is 40.1 Å². The summed E-state index contributed by atoms with van der Waals surface area (Å²) in [4.78, 5) is 0.